The fourth-order valence-corrected chi connectivity index (χ4v) is 1.54. The molecule has 0 saturated carbocycles. The Morgan fingerprint density at radius 2 is 1.74 bits per heavy atom. The first-order valence-corrected chi connectivity index (χ1v) is 6.84. The maximum Gasteiger partial charge on any atom is 0.120 e. The van der Waals surface area contributed by atoms with E-state index in [9.17, 15) is 0 Å². The molecule has 4 heteroatoms. The molecule has 0 amide bonds. The first kappa shape index (κ1) is 15.9. The van der Waals surface area contributed by atoms with E-state index in [4.69, 9.17) is 32.7 Å². The molecule has 0 aliphatic heterocycles. The lowest BCUT2D eigenvalue weighted by molar-refractivity contribution is 0.310. The van der Waals surface area contributed by atoms with Gasteiger partial charge in [0, 0.05) is 0 Å². The van der Waals surface area contributed by atoms with E-state index in [0.717, 1.165) is 29.9 Å². The second-order valence-corrected chi connectivity index (χ2v) is 5.21. The summed E-state index contributed by atoms with van der Waals surface area (Å²) in [6.07, 6.45) is 3.44. The first-order valence-electron chi connectivity index (χ1n) is 6.09. The quantitative estimate of drug-likeness (QED) is 0.490. The number of halogens is 2. The third-order valence-electron chi connectivity index (χ3n) is 2.22. The first-order chi connectivity index (χ1) is 9.08. The minimum atomic E-state index is 0.305. The average Bonchev–Trinajstić information content (AvgIpc) is 2.37. The van der Waals surface area contributed by atoms with Gasteiger partial charge in [0.25, 0.3) is 0 Å². The highest BCUT2D eigenvalue weighted by Crippen LogP contribution is 2.18. The molecule has 0 spiro atoms. The molecule has 1 aromatic carbocycles. The molecule has 0 heterocycles. The Morgan fingerprint density at radius 1 is 1.16 bits per heavy atom. The van der Waals surface area contributed by atoms with Crippen molar-refractivity contribution in [3.63, 3.8) is 0 Å². The van der Waals surface area contributed by atoms with E-state index in [2.05, 4.69) is 6.58 Å². The topological polar surface area (TPSA) is 18.5 Å². The average molecular weight is 301 g/mol. The molecule has 0 atom stereocenters. The zero-order chi connectivity index (χ0) is 14.1. The number of hydrogen-bond donors (Lipinski definition) is 0. The van der Waals surface area contributed by atoms with Crippen molar-refractivity contribution in [1.82, 2.24) is 0 Å². The Hall–Kier alpha value is -1.12. The predicted octanol–water partition coefficient (Wildman–Crippen LogP) is 5.12. The van der Waals surface area contributed by atoms with Crippen LogP contribution in [0.25, 0.3) is 0 Å². The summed E-state index contributed by atoms with van der Waals surface area (Å²) in [5, 5.41) is 0. The Kier molecular flexibility index (Phi) is 7.46. The Balaban J connectivity index is 2.28. The molecule has 19 heavy (non-hydrogen) atoms. The van der Waals surface area contributed by atoms with Gasteiger partial charge in [-0.15, -0.1) is 0 Å². The summed E-state index contributed by atoms with van der Waals surface area (Å²) in [7, 11) is 0. The number of benzene rings is 1. The van der Waals surface area contributed by atoms with Crippen molar-refractivity contribution < 1.29 is 9.47 Å². The van der Waals surface area contributed by atoms with Crippen LogP contribution in [-0.2, 0) is 0 Å². The van der Waals surface area contributed by atoms with Gasteiger partial charge in [-0.3, -0.25) is 0 Å². The summed E-state index contributed by atoms with van der Waals surface area (Å²) in [4.78, 5) is 0. The largest absolute Gasteiger partial charge is 0.494 e. The molecule has 1 rings (SSSR count). The van der Waals surface area contributed by atoms with Gasteiger partial charge in [-0.25, -0.2) is 0 Å². The lowest BCUT2D eigenvalue weighted by atomic mass is 10.3. The number of unbranched alkanes of at least 4 members (excludes halogenated alkanes) is 1. The van der Waals surface area contributed by atoms with E-state index >= 15 is 0 Å². The van der Waals surface area contributed by atoms with Gasteiger partial charge in [0.2, 0.25) is 0 Å². The minimum Gasteiger partial charge on any atom is -0.494 e. The van der Waals surface area contributed by atoms with Crippen LogP contribution in [0.2, 0.25) is 0 Å². The van der Waals surface area contributed by atoms with Crippen LogP contribution in [0.3, 0.4) is 0 Å². The van der Waals surface area contributed by atoms with Crippen LogP contribution in [0.1, 0.15) is 19.8 Å². The van der Waals surface area contributed by atoms with Gasteiger partial charge in [0.1, 0.15) is 22.6 Å². The van der Waals surface area contributed by atoms with Crippen LogP contribution in [-0.4, -0.2) is 13.2 Å². The molecule has 0 aliphatic rings. The minimum absolute atomic E-state index is 0.305. The van der Waals surface area contributed by atoms with Crippen LogP contribution >= 0.6 is 23.2 Å². The molecule has 2 nitrogen and oxygen atoms in total. The van der Waals surface area contributed by atoms with Crippen molar-refractivity contribution in [1.29, 1.82) is 0 Å². The predicted molar refractivity (Wildman–Crippen MR) is 81.3 cm³/mol. The SMILES string of the molecule is C=C(C)COc1ccc(OCCCC=C(Cl)Cl)cc1. The van der Waals surface area contributed by atoms with E-state index in [1.165, 1.54) is 0 Å². The van der Waals surface area contributed by atoms with Gasteiger partial charge >= 0.3 is 0 Å². The summed E-state index contributed by atoms with van der Waals surface area (Å²) in [5.74, 6) is 1.64. The molecule has 0 unspecified atom stereocenters. The fraction of sp³-hybridized carbons (Fsp3) is 0.333. The van der Waals surface area contributed by atoms with Crippen molar-refractivity contribution in [2.45, 2.75) is 19.8 Å². The molecule has 0 saturated heterocycles. The Labute approximate surface area is 124 Å². The van der Waals surface area contributed by atoms with Gasteiger partial charge in [-0.05, 0) is 49.6 Å². The van der Waals surface area contributed by atoms with Crippen molar-refractivity contribution in [2.75, 3.05) is 13.2 Å². The molecule has 0 radical (unpaired) electrons. The van der Waals surface area contributed by atoms with E-state index in [-0.39, 0.29) is 0 Å². The normalized spacial score (nSPS) is 9.84. The molecule has 1 aromatic rings. The summed E-state index contributed by atoms with van der Waals surface area (Å²) in [5.41, 5.74) is 0.992. The van der Waals surface area contributed by atoms with Crippen molar-refractivity contribution in [3.8, 4) is 11.5 Å². The van der Waals surface area contributed by atoms with E-state index in [1.54, 1.807) is 6.08 Å². The van der Waals surface area contributed by atoms with Gasteiger partial charge in [0.15, 0.2) is 0 Å². The smallest absolute Gasteiger partial charge is 0.120 e. The summed E-state index contributed by atoms with van der Waals surface area (Å²) >= 11 is 11.0. The van der Waals surface area contributed by atoms with Gasteiger partial charge < -0.3 is 9.47 Å². The van der Waals surface area contributed by atoms with Crippen LogP contribution in [0.4, 0.5) is 0 Å². The maximum atomic E-state index is 5.58. The third-order valence-corrected chi connectivity index (χ3v) is 2.53. The van der Waals surface area contributed by atoms with E-state index in [0.29, 0.717) is 17.7 Å². The molecule has 104 valence electrons. The molecule has 0 N–H and O–H groups in total. The van der Waals surface area contributed by atoms with Crippen molar-refractivity contribution in [3.05, 3.63) is 47.0 Å². The third kappa shape index (κ3) is 7.81. The molecular formula is C15H18Cl2O2. The molecule has 0 aliphatic carbocycles. The summed E-state index contributed by atoms with van der Waals surface area (Å²) < 4.78 is 11.4. The van der Waals surface area contributed by atoms with Crippen LogP contribution in [0.15, 0.2) is 47.0 Å². The lowest BCUT2D eigenvalue weighted by Gasteiger charge is -2.08. The highest BCUT2D eigenvalue weighted by atomic mass is 35.5. The lowest BCUT2D eigenvalue weighted by Crippen LogP contribution is -1.98. The number of hydrogen-bond acceptors (Lipinski definition) is 2. The Morgan fingerprint density at radius 3 is 2.26 bits per heavy atom. The fourth-order valence-electron chi connectivity index (χ4n) is 1.32. The molecule has 0 bridgehead atoms. The van der Waals surface area contributed by atoms with Crippen LogP contribution in [0, 0.1) is 0 Å². The number of ether oxygens (including phenoxy) is 2. The standard InChI is InChI=1S/C15H18Cl2O2/c1-12(2)11-19-14-8-6-13(7-9-14)18-10-4-3-5-15(16)17/h5-9H,1,3-4,10-11H2,2H3. The van der Waals surface area contributed by atoms with Gasteiger partial charge in [0.05, 0.1) is 6.61 Å². The van der Waals surface area contributed by atoms with E-state index < -0.39 is 0 Å². The van der Waals surface area contributed by atoms with E-state index in [1.807, 2.05) is 31.2 Å². The van der Waals surface area contributed by atoms with Crippen molar-refractivity contribution in [2.24, 2.45) is 0 Å². The number of rotatable bonds is 8. The van der Waals surface area contributed by atoms with Crippen LogP contribution < -0.4 is 9.47 Å². The molecular weight excluding hydrogens is 283 g/mol. The molecule has 0 aromatic heterocycles. The maximum absolute atomic E-state index is 5.58. The highest BCUT2D eigenvalue weighted by molar-refractivity contribution is 6.55. The summed E-state index contributed by atoms with van der Waals surface area (Å²) in [6, 6.07) is 7.54. The number of allylic oxidation sites excluding steroid dienone is 1. The second kappa shape index (κ2) is 8.89. The summed E-state index contributed by atoms with van der Waals surface area (Å²) in [6.45, 7) is 6.88. The van der Waals surface area contributed by atoms with Crippen molar-refractivity contribution >= 4 is 23.2 Å². The Bertz CT molecular complexity index is 420. The van der Waals surface area contributed by atoms with Crippen LogP contribution in [0.5, 0.6) is 11.5 Å². The zero-order valence-corrected chi connectivity index (χ0v) is 12.5. The second-order valence-electron chi connectivity index (χ2n) is 4.20. The highest BCUT2D eigenvalue weighted by Gasteiger charge is 1.97. The monoisotopic (exact) mass is 300 g/mol. The zero-order valence-electron chi connectivity index (χ0n) is 11.0. The van der Waals surface area contributed by atoms with Gasteiger partial charge in [-0.1, -0.05) is 35.9 Å². The van der Waals surface area contributed by atoms with Gasteiger partial charge in [-0.2, -0.15) is 0 Å². The molecule has 0 fully saturated rings.